The van der Waals surface area contributed by atoms with Crippen molar-refractivity contribution in [3.63, 3.8) is 0 Å². The van der Waals surface area contributed by atoms with Gasteiger partial charge in [0.25, 0.3) is 10.0 Å². The number of sulfonamides is 1. The summed E-state index contributed by atoms with van der Waals surface area (Å²) in [5.41, 5.74) is 0. The van der Waals surface area contributed by atoms with Crippen LogP contribution in [-0.2, 0) is 21.3 Å². The summed E-state index contributed by atoms with van der Waals surface area (Å²) < 4.78 is 32.5. The Balaban J connectivity index is 1.52. The SMILES string of the molecule is CN=C(NCc1ccc(S(=O)(=O)N2CCOCC2)s1)NCC(C)c1cccs1. The van der Waals surface area contributed by atoms with Crippen molar-refractivity contribution in [1.29, 1.82) is 0 Å². The molecule has 0 amide bonds. The lowest BCUT2D eigenvalue weighted by molar-refractivity contribution is 0.0731. The molecular formula is C18H26N4O3S3. The van der Waals surface area contributed by atoms with E-state index in [2.05, 4.69) is 40.1 Å². The molecule has 2 aromatic rings. The second-order valence-corrected chi connectivity index (χ2v) is 10.8. The molecule has 0 saturated carbocycles. The van der Waals surface area contributed by atoms with Crippen LogP contribution in [0.1, 0.15) is 22.6 Å². The molecule has 1 unspecified atom stereocenters. The zero-order valence-corrected chi connectivity index (χ0v) is 18.5. The van der Waals surface area contributed by atoms with Gasteiger partial charge in [0.05, 0.1) is 19.8 Å². The van der Waals surface area contributed by atoms with Crippen LogP contribution < -0.4 is 10.6 Å². The lowest BCUT2D eigenvalue weighted by atomic mass is 10.1. The second kappa shape index (κ2) is 9.84. The summed E-state index contributed by atoms with van der Waals surface area (Å²) in [5, 5.41) is 8.66. The molecule has 1 saturated heterocycles. The van der Waals surface area contributed by atoms with Crippen LogP contribution in [0.3, 0.4) is 0 Å². The molecule has 2 N–H and O–H groups in total. The van der Waals surface area contributed by atoms with Crippen LogP contribution in [0.15, 0.2) is 38.8 Å². The van der Waals surface area contributed by atoms with Crippen molar-refractivity contribution >= 4 is 38.7 Å². The molecule has 0 radical (unpaired) electrons. The number of thiophene rings is 2. The molecule has 0 bridgehead atoms. The molecule has 1 aliphatic rings. The quantitative estimate of drug-likeness (QED) is 0.508. The van der Waals surface area contributed by atoms with Gasteiger partial charge in [0.15, 0.2) is 5.96 Å². The number of ether oxygens (including phenoxy) is 1. The zero-order chi connectivity index (χ0) is 20.0. The summed E-state index contributed by atoms with van der Waals surface area (Å²) in [6.07, 6.45) is 0. The van der Waals surface area contributed by atoms with Crippen molar-refractivity contribution in [2.24, 2.45) is 4.99 Å². The molecule has 0 spiro atoms. The number of guanidine groups is 1. The van der Waals surface area contributed by atoms with Crippen LogP contribution in [0, 0.1) is 0 Å². The van der Waals surface area contributed by atoms with Gasteiger partial charge in [-0.25, -0.2) is 8.42 Å². The third-order valence-corrected chi connectivity index (χ3v) is 9.01. The first-order valence-electron chi connectivity index (χ1n) is 9.15. The molecular weight excluding hydrogens is 416 g/mol. The number of aliphatic imine (C=N–C) groups is 1. The molecule has 1 atom stereocenters. The Labute approximate surface area is 174 Å². The predicted molar refractivity (Wildman–Crippen MR) is 115 cm³/mol. The molecule has 3 rings (SSSR count). The Morgan fingerprint density at radius 1 is 1.29 bits per heavy atom. The van der Waals surface area contributed by atoms with Crippen molar-refractivity contribution in [2.45, 2.75) is 23.6 Å². The minimum absolute atomic E-state index is 0.375. The highest BCUT2D eigenvalue weighted by Gasteiger charge is 2.27. The van der Waals surface area contributed by atoms with E-state index in [1.165, 1.54) is 20.5 Å². The van der Waals surface area contributed by atoms with Gasteiger partial charge in [-0.15, -0.1) is 22.7 Å². The number of nitrogens with zero attached hydrogens (tertiary/aromatic N) is 2. The number of nitrogens with one attached hydrogen (secondary N) is 2. The van der Waals surface area contributed by atoms with Gasteiger partial charge in [0.2, 0.25) is 0 Å². The molecule has 7 nitrogen and oxygen atoms in total. The van der Waals surface area contributed by atoms with Gasteiger partial charge in [0, 0.05) is 42.4 Å². The number of hydrogen-bond acceptors (Lipinski definition) is 6. The fraction of sp³-hybridized carbons (Fsp3) is 0.500. The highest BCUT2D eigenvalue weighted by atomic mass is 32.2. The van der Waals surface area contributed by atoms with Crippen LogP contribution in [0.2, 0.25) is 0 Å². The number of morpholine rings is 1. The second-order valence-electron chi connectivity index (χ2n) is 6.46. The Bertz CT molecular complexity index is 872. The molecule has 0 aliphatic carbocycles. The monoisotopic (exact) mass is 442 g/mol. The summed E-state index contributed by atoms with van der Waals surface area (Å²) in [6, 6.07) is 7.73. The molecule has 10 heteroatoms. The first-order chi connectivity index (χ1) is 13.5. The van der Waals surface area contributed by atoms with Crippen molar-refractivity contribution in [3.05, 3.63) is 39.4 Å². The molecule has 1 fully saturated rings. The third kappa shape index (κ3) is 5.32. The summed E-state index contributed by atoms with van der Waals surface area (Å²) >= 11 is 3.04. The maximum atomic E-state index is 12.7. The number of rotatable bonds is 7. The van der Waals surface area contributed by atoms with E-state index in [1.807, 2.05) is 6.07 Å². The lowest BCUT2D eigenvalue weighted by Gasteiger charge is -2.25. The van der Waals surface area contributed by atoms with Crippen LogP contribution in [0.4, 0.5) is 0 Å². The van der Waals surface area contributed by atoms with E-state index in [9.17, 15) is 8.42 Å². The first kappa shape index (κ1) is 21.3. The topological polar surface area (TPSA) is 83.0 Å². The van der Waals surface area contributed by atoms with Crippen LogP contribution in [0.5, 0.6) is 0 Å². The van der Waals surface area contributed by atoms with E-state index in [1.54, 1.807) is 24.5 Å². The normalized spacial score (nSPS) is 17.4. The van der Waals surface area contributed by atoms with Crippen molar-refractivity contribution in [1.82, 2.24) is 14.9 Å². The largest absolute Gasteiger partial charge is 0.379 e. The van der Waals surface area contributed by atoms with E-state index in [-0.39, 0.29) is 0 Å². The minimum Gasteiger partial charge on any atom is -0.379 e. The van der Waals surface area contributed by atoms with Crippen molar-refractivity contribution < 1.29 is 13.2 Å². The van der Waals surface area contributed by atoms with E-state index in [0.717, 1.165) is 11.4 Å². The van der Waals surface area contributed by atoms with E-state index < -0.39 is 10.0 Å². The van der Waals surface area contributed by atoms with E-state index in [0.29, 0.717) is 48.9 Å². The van der Waals surface area contributed by atoms with Crippen molar-refractivity contribution in [3.8, 4) is 0 Å². The minimum atomic E-state index is -3.43. The van der Waals surface area contributed by atoms with Gasteiger partial charge >= 0.3 is 0 Å². The van der Waals surface area contributed by atoms with Gasteiger partial charge in [-0.3, -0.25) is 4.99 Å². The maximum Gasteiger partial charge on any atom is 0.252 e. The fourth-order valence-electron chi connectivity index (χ4n) is 2.82. The van der Waals surface area contributed by atoms with Crippen LogP contribution >= 0.6 is 22.7 Å². The Kier molecular flexibility index (Phi) is 7.47. The predicted octanol–water partition coefficient (Wildman–Crippen LogP) is 2.30. The molecule has 3 heterocycles. The lowest BCUT2D eigenvalue weighted by Crippen LogP contribution is -2.40. The summed E-state index contributed by atoms with van der Waals surface area (Å²) in [5.74, 6) is 1.10. The van der Waals surface area contributed by atoms with E-state index >= 15 is 0 Å². The summed E-state index contributed by atoms with van der Waals surface area (Å²) in [4.78, 5) is 6.53. The smallest absolute Gasteiger partial charge is 0.252 e. The maximum absolute atomic E-state index is 12.7. The summed E-state index contributed by atoms with van der Waals surface area (Å²) in [6.45, 7) is 5.20. The standard InChI is InChI=1S/C18H26N4O3S3/c1-14(16-4-3-11-26-16)12-20-18(19-2)21-13-15-5-6-17(27-15)28(23,24)22-7-9-25-10-8-22/h3-6,11,14H,7-10,12-13H2,1-2H3,(H2,19,20,21). The van der Waals surface area contributed by atoms with E-state index in [4.69, 9.17) is 4.74 Å². The molecule has 28 heavy (non-hydrogen) atoms. The van der Waals surface area contributed by atoms with Crippen LogP contribution in [-0.4, -0.2) is 58.6 Å². The fourth-order valence-corrected chi connectivity index (χ4v) is 6.46. The van der Waals surface area contributed by atoms with Gasteiger partial charge in [0.1, 0.15) is 4.21 Å². The average Bonchev–Trinajstić information content (AvgIpc) is 3.41. The zero-order valence-electron chi connectivity index (χ0n) is 16.1. The Morgan fingerprint density at radius 3 is 2.75 bits per heavy atom. The highest BCUT2D eigenvalue weighted by molar-refractivity contribution is 7.91. The highest BCUT2D eigenvalue weighted by Crippen LogP contribution is 2.25. The molecule has 2 aromatic heterocycles. The molecule has 154 valence electrons. The van der Waals surface area contributed by atoms with Gasteiger partial charge in [-0.05, 0) is 23.6 Å². The molecule has 1 aliphatic heterocycles. The van der Waals surface area contributed by atoms with Crippen molar-refractivity contribution in [2.75, 3.05) is 39.9 Å². The van der Waals surface area contributed by atoms with Gasteiger partial charge < -0.3 is 15.4 Å². The first-order valence-corrected chi connectivity index (χ1v) is 12.3. The number of hydrogen-bond donors (Lipinski definition) is 2. The Hall–Kier alpha value is -1.46. The van der Waals surface area contributed by atoms with Crippen LogP contribution in [0.25, 0.3) is 0 Å². The third-order valence-electron chi connectivity index (χ3n) is 4.46. The van der Waals surface area contributed by atoms with Gasteiger partial charge in [-0.2, -0.15) is 4.31 Å². The summed E-state index contributed by atoms with van der Waals surface area (Å²) in [7, 11) is -1.70. The average molecular weight is 443 g/mol. The molecule has 0 aromatic carbocycles. The Morgan fingerprint density at radius 2 is 2.07 bits per heavy atom. The van der Waals surface area contributed by atoms with Gasteiger partial charge in [-0.1, -0.05) is 13.0 Å².